The zero-order valence-electron chi connectivity index (χ0n) is 9.31. The van der Waals surface area contributed by atoms with Crippen LogP contribution in [-0.2, 0) is 19.1 Å². The molecule has 18 heavy (non-hydrogen) atoms. The highest BCUT2D eigenvalue weighted by Gasteiger charge is 2.40. The Hall–Kier alpha value is -1.48. The monoisotopic (exact) mass is 284 g/mol. The van der Waals surface area contributed by atoms with Crippen LogP contribution in [0.2, 0.25) is 0 Å². The Morgan fingerprint density at radius 2 is 1.44 bits per heavy atom. The highest BCUT2D eigenvalue weighted by Crippen LogP contribution is 2.16. The molecule has 0 fully saturated rings. The summed E-state index contributed by atoms with van der Waals surface area (Å²) >= 11 is 0. The summed E-state index contributed by atoms with van der Waals surface area (Å²) in [5, 5.41) is 0. The summed E-state index contributed by atoms with van der Waals surface area (Å²) < 4.78 is 74.2. The molecule has 0 unspecified atom stereocenters. The van der Waals surface area contributed by atoms with Crippen molar-refractivity contribution in [2.75, 3.05) is 13.2 Å². The number of esters is 2. The fourth-order valence-electron chi connectivity index (χ4n) is 0.396. The standard InChI is InChI=1S/2C4H5F3O2/c1-3(8)9-2-4(5,6)7;1-2-9-3(8)4(5,6)7/h2*2H2,1H3. The van der Waals surface area contributed by atoms with Crippen LogP contribution in [0, 0.1) is 0 Å². The Morgan fingerprint density at radius 3 is 1.56 bits per heavy atom. The van der Waals surface area contributed by atoms with Crippen molar-refractivity contribution in [3.05, 3.63) is 0 Å². The van der Waals surface area contributed by atoms with Gasteiger partial charge in [-0.1, -0.05) is 0 Å². The molecule has 0 aromatic heterocycles. The molecule has 0 spiro atoms. The first-order chi connectivity index (χ1) is 7.90. The van der Waals surface area contributed by atoms with E-state index < -0.39 is 30.9 Å². The Kier molecular flexibility index (Phi) is 8.15. The molecule has 0 heterocycles. The molecule has 0 aliphatic heterocycles. The molecule has 10 heteroatoms. The summed E-state index contributed by atoms with van der Waals surface area (Å²) in [6, 6.07) is 0. The maximum atomic E-state index is 11.2. The molecule has 108 valence electrons. The molecule has 0 aromatic carbocycles. The van der Waals surface area contributed by atoms with E-state index in [2.05, 4.69) is 9.47 Å². The van der Waals surface area contributed by atoms with Crippen molar-refractivity contribution in [3.63, 3.8) is 0 Å². The molecular formula is C8H10F6O4. The topological polar surface area (TPSA) is 52.6 Å². The number of carbonyl (C=O) groups excluding carboxylic acids is 2. The minimum atomic E-state index is -4.85. The predicted molar refractivity (Wildman–Crippen MR) is 45.4 cm³/mol. The van der Waals surface area contributed by atoms with Crippen LogP contribution in [0.15, 0.2) is 0 Å². The number of rotatable bonds is 2. The van der Waals surface area contributed by atoms with Gasteiger partial charge in [-0.25, -0.2) is 4.79 Å². The molecule has 0 atom stereocenters. The second kappa shape index (κ2) is 7.77. The number of carbonyl (C=O) groups is 2. The summed E-state index contributed by atoms with van der Waals surface area (Å²) in [4.78, 5) is 19.5. The van der Waals surface area contributed by atoms with Gasteiger partial charge in [-0.3, -0.25) is 4.79 Å². The van der Waals surface area contributed by atoms with Gasteiger partial charge in [0.1, 0.15) is 0 Å². The van der Waals surface area contributed by atoms with E-state index >= 15 is 0 Å². The summed E-state index contributed by atoms with van der Waals surface area (Å²) in [6.45, 7) is 0.482. The summed E-state index contributed by atoms with van der Waals surface area (Å²) in [5.74, 6) is -3.06. The van der Waals surface area contributed by atoms with Gasteiger partial charge >= 0.3 is 24.3 Å². The molecule has 0 radical (unpaired) electrons. The molecule has 0 N–H and O–H groups in total. The van der Waals surface area contributed by atoms with Crippen molar-refractivity contribution < 1.29 is 45.4 Å². The molecule has 0 amide bonds. The first kappa shape index (κ1) is 18.9. The first-order valence-corrected chi connectivity index (χ1v) is 4.34. The van der Waals surface area contributed by atoms with Crippen molar-refractivity contribution in [1.82, 2.24) is 0 Å². The molecule has 0 rings (SSSR count). The number of hydrogen-bond acceptors (Lipinski definition) is 4. The van der Waals surface area contributed by atoms with E-state index in [0.717, 1.165) is 6.92 Å². The Balaban J connectivity index is 0. The fraction of sp³-hybridized carbons (Fsp3) is 0.750. The second-order valence-electron chi connectivity index (χ2n) is 2.61. The van der Waals surface area contributed by atoms with Gasteiger partial charge in [0, 0.05) is 6.92 Å². The van der Waals surface area contributed by atoms with Crippen LogP contribution in [-0.4, -0.2) is 37.5 Å². The molecule has 0 bridgehead atoms. The predicted octanol–water partition coefficient (Wildman–Crippen LogP) is 2.22. The van der Waals surface area contributed by atoms with E-state index in [9.17, 15) is 35.9 Å². The van der Waals surface area contributed by atoms with Gasteiger partial charge < -0.3 is 9.47 Å². The average molecular weight is 284 g/mol. The van der Waals surface area contributed by atoms with Gasteiger partial charge in [0.2, 0.25) is 0 Å². The fourth-order valence-corrected chi connectivity index (χ4v) is 0.396. The molecular weight excluding hydrogens is 274 g/mol. The lowest BCUT2D eigenvalue weighted by Gasteiger charge is -2.04. The van der Waals surface area contributed by atoms with Gasteiger partial charge in [-0.05, 0) is 6.92 Å². The van der Waals surface area contributed by atoms with Crippen molar-refractivity contribution in [3.8, 4) is 0 Å². The Morgan fingerprint density at radius 1 is 1.00 bits per heavy atom. The van der Waals surface area contributed by atoms with Crippen LogP contribution in [0.4, 0.5) is 26.3 Å². The van der Waals surface area contributed by atoms with Gasteiger partial charge in [0.15, 0.2) is 6.61 Å². The smallest absolute Gasteiger partial charge is 0.459 e. The summed E-state index contributed by atoms with van der Waals surface area (Å²) in [6.07, 6.45) is -9.26. The van der Waals surface area contributed by atoms with Gasteiger partial charge in [-0.15, -0.1) is 0 Å². The molecule has 0 aromatic rings. The van der Waals surface area contributed by atoms with E-state index in [-0.39, 0.29) is 6.61 Å². The molecule has 0 aliphatic rings. The van der Waals surface area contributed by atoms with E-state index in [1.165, 1.54) is 6.92 Å². The Bertz CT molecular complexity index is 270. The summed E-state index contributed by atoms with van der Waals surface area (Å²) in [5.41, 5.74) is 0. The van der Waals surface area contributed by atoms with Crippen LogP contribution < -0.4 is 0 Å². The third kappa shape index (κ3) is 14.5. The van der Waals surface area contributed by atoms with E-state index in [0.29, 0.717) is 0 Å². The third-order valence-corrected chi connectivity index (χ3v) is 0.946. The number of halogens is 6. The number of ether oxygens (including phenoxy) is 2. The van der Waals surface area contributed by atoms with Crippen molar-refractivity contribution in [2.45, 2.75) is 26.2 Å². The lowest BCUT2D eigenvalue weighted by Crippen LogP contribution is -2.25. The van der Waals surface area contributed by atoms with E-state index in [1.807, 2.05) is 0 Å². The zero-order chi connectivity index (χ0) is 15.0. The zero-order valence-corrected chi connectivity index (χ0v) is 9.31. The van der Waals surface area contributed by atoms with Crippen molar-refractivity contribution in [2.24, 2.45) is 0 Å². The maximum absolute atomic E-state index is 11.2. The minimum Gasteiger partial charge on any atom is -0.459 e. The maximum Gasteiger partial charge on any atom is 0.490 e. The minimum absolute atomic E-state index is 0.252. The van der Waals surface area contributed by atoms with Crippen LogP contribution in [0.5, 0.6) is 0 Å². The quantitative estimate of drug-likeness (QED) is 0.576. The molecule has 0 saturated heterocycles. The highest BCUT2D eigenvalue weighted by molar-refractivity contribution is 5.75. The van der Waals surface area contributed by atoms with Gasteiger partial charge in [-0.2, -0.15) is 26.3 Å². The van der Waals surface area contributed by atoms with Crippen molar-refractivity contribution >= 4 is 11.9 Å². The van der Waals surface area contributed by atoms with Gasteiger partial charge in [0.05, 0.1) is 6.61 Å². The highest BCUT2D eigenvalue weighted by atomic mass is 19.4. The lowest BCUT2D eigenvalue weighted by atomic mass is 10.7. The molecule has 0 aliphatic carbocycles. The Labute approximate surface area is 97.8 Å². The van der Waals surface area contributed by atoms with Gasteiger partial charge in [0.25, 0.3) is 0 Å². The third-order valence-electron chi connectivity index (χ3n) is 0.946. The number of alkyl halides is 6. The van der Waals surface area contributed by atoms with Crippen LogP contribution in [0.1, 0.15) is 13.8 Å². The van der Waals surface area contributed by atoms with Crippen LogP contribution in [0.3, 0.4) is 0 Å². The average Bonchev–Trinajstić information content (AvgIpc) is 2.14. The number of hydrogen-bond donors (Lipinski definition) is 0. The largest absolute Gasteiger partial charge is 0.490 e. The lowest BCUT2D eigenvalue weighted by molar-refractivity contribution is -0.199. The SMILES string of the molecule is CC(=O)OCC(F)(F)F.CCOC(=O)C(F)(F)F. The van der Waals surface area contributed by atoms with E-state index in [1.54, 1.807) is 0 Å². The van der Waals surface area contributed by atoms with Crippen LogP contribution in [0.25, 0.3) is 0 Å². The first-order valence-electron chi connectivity index (χ1n) is 4.34. The van der Waals surface area contributed by atoms with E-state index in [4.69, 9.17) is 0 Å². The van der Waals surface area contributed by atoms with Crippen LogP contribution >= 0.6 is 0 Å². The second-order valence-corrected chi connectivity index (χ2v) is 2.61. The summed E-state index contributed by atoms with van der Waals surface area (Å²) in [7, 11) is 0. The normalized spacial score (nSPS) is 11.1. The molecule has 0 saturated carbocycles. The molecule has 4 nitrogen and oxygen atoms in total. The van der Waals surface area contributed by atoms with Crippen molar-refractivity contribution in [1.29, 1.82) is 0 Å².